The van der Waals surface area contributed by atoms with Crippen LogP contribution in [0, 0.1) is 5.92 Å². The number of carbonyl (C=O) groups excluding carboxylic acids is 3. The van der Waals surface area contributed by atoms with Crippen molar-refractivity contribution in [3.63, 3.8) is 0 Å². The van der Waals surface area contributed by atoms with Gasteiger partial charge in [0, 0.05) is 5.92 Å². The summed E-state index contributed by atoms with van der Waals surface area (Å²) >= 11 is 4.56. The molecular formula is C15H18BrNO4S. The summed E-state index contributed by atoms with van der Waals surface area (Å²) in [7, 11) is 0. The Kier molecular flexibility index (Phi) is 6.57. The second-order valence-electron chi connectivity index (χ2n) is 5.24. The monoisotopic (exact) mass is 387 g/mol. The van der Waals surface area contributed by atoms with Crippen LogP contribution in [0.4, 0.5) is 0 Å². The fourth-order valence-corrected chi connectivity index (χ4v) is 3.71. The second-order valence-corrected chi connectivity index (χ2v) is 7.70. The van der Waals surface area contributed by atoms with Gasteiger partial charge in [-0.05, 0) is 40.9 Å². The predicted molar refractivity (Wildman–Crippen MR) is 86.9 cm³/mol. The molecule has 5 nitrogen and oxygen atoms in total. The Morgan fingerprint density at radius 3 is 2.59 bits per heavy atom. The molecule has 1 aliphatic rings. The van der Waals surface area contributed by atoms with Crippen LogP contribution in [0.2, 0.25) is 0 Å². The van der Waals surface area contributed by atoms with Crippen LogP contribution >= 0.6 is 27.3 Å². The number of esters is 1. The van der Waals surface area contributed by atoms with Crippen LogP contribution in [-0.2, 0) is 14.3 Å². The fraction of sp³-hybridized carbons (Fsp3) is 0.533. The maximum absolute atomic E-state index is 11.9. The van der Waals surface area contributed by atoms with Gasteiger partial charge >= 0.3 is 5.97 Å². The van der Waals surface area contributed by atoms with E-state index in [0.717, 1.165) is 29.5 Å². The average Bonchev–Trinajstić information content (AvgIpc) is 2.97. The van der Waals surface area contributed by atoms with Crippen molar-refractivity contribution in [2.75, 3.05) is 13.2 Å². The van der Waals surface area contributed by atoms with E-state index in [9.17, 15) is 14.4 Å². The lowest BCUT2D eigenvalue weighted by molar-refractivity contribution is -0.143. The Morgan fingerprint density at radius 1 is 1.23 bits per heavy atom. The lowest BCUT2D eigenvalue weighted by Gasteiger charge is -2.20. The second kappa shape index (κ2) is 8.43. The van der Waals surface area contributed by atoms with Gasteiger partial charge in [-0.3, -0.25) is 14.4 Å². The summed E-state index contributed by atoms with van der Waals surface area (Å²) in [6.07, 6.45) is 5.06. The van der Waals surface area contributed by atoms with Gasteiger partial charge in [-0.25, -0.2) is 0 Å². The number of nitrogens with one attached hydrogen (secondary N) is 1. The summed E-state index contributed by atoms with van der Waals surface area (Å²) in [6, 6.07) is 3.44. The Bertz CT molecular complexity index is 551. The van der Waals surface area contributed by atoms with Crippen molar-refractivity contribution >= 4 is 44.9 Å². The maximum atomic E-state index is 11.9. The zero-order valence-electron chi connectivity index (χ0n) is 12.1. The summed E-state index contributed by atoms with van der Waals surface area (Å²) in [4.78, 5) is 35.8. The molecule has 0 saturated heterocycles. The van der Waals surface area contributed by atoms with Crippen molar-refractivity contribution in [1.29, 1.82) is 0 Å². The van der Waals surface area contributed by atoms with Gasteiger partial charge in [-0.1, -0.05) is 19.3 Å². The number of hydrogen-bond acceptors (Lipinski definition) is 5. The topological polar surface area (TPSA) is 72.5 Å². The third-order valence-electron chi connectivity index (χ3n) is 3.60. The SMILES string of the molecule is O=C(CNC(=O)C1CCCCC1)OCC(=O)c1ccc(Br)s1. The molecule has 0 aromatic carbocycles. The summed E-state index contributed by atoms with van der Waals surface area (Å²) in [5.74, 6) is -0.924. The van der Waals surface area contributed by atoms with Gasteiger partial charge in [0.2, 0.25) is 11.7 Å². The molecule has 0 atom stereocenters. The first-order valence-electron chi connectivity index (χ1n) is 7.28. The lowest BCUT2D eigenvalue weighted by Crippen LogP contribution is -2.36. The molecule has 1 fully saturated rings. The maximum Gasteiger partial charge on any atom is 0.325 e. The van der Waals surface area contributed by atoms with E-state index in [-0.39, 0.29) is 30.8 Å². The van der Waals surface area contributed by atoms with E-state index in [0.29, 0.717) is 4.88 Å². The van der Waals surface area contributed by atoms with Crippen molar-refractivity contribution in [2.45, 2.75) is 32.1 Å². The molecule has 1 aliphatic carbocycles. The molecule has 0 radical (unpaired) electrons. The number of Topliss-reactive ketones (excluding diaryl/α,β-unsaturated/α-hetero) is 1. The zero-order chi connectivity index (χ0) is 15.9. The zero-order valence-corrected chi connectivity index (χ0v) is 14.5. The Morgan fingerprint density at radius 2 is 1.95 bits per heavy atom. The highest BCUT2D eigenvalue weighted by molar-refractivity contribution is 9.11. The molecule has 1 aromatic rings. The van der Waals surface area contributed by atoms with Gasteiger partial charge in [0.05, 0.1) is 8.66 Å². The van der Waals surface area contributed by atoms with Crippen molar-refractivity contribution in [1.82, 2.24) is 5.32 Å². The summed E-state index contributed by atoms with van der Waals surface area (Å²) in [5.41, 5.74) is 0. The van der Waals surface area contributed by atoms with Gasteiger partial charge in [0.15, 0.2) is 6.61 Å². The van der Waals surface area contributed by atoms with Gasteiger partial charge < -0.3 is 10.1 Å². The largest absolute Gasteiger partial charge is 0.456 e. The van der Waals surface area contributed by atoms with Crippen molar-refractivity contribution < 1.29 is 19.1 Å². The van der Waals surface area contributed by atoms with Crippen LogP contribution in [0.3, 0.4) is 0 Å². The minimum Gasteiger partial charge on any atom is -0.456 e. The number of ether oxygens (including phenoxy) is 1. The van der Waals surface area contributed by atoms with E-state index in [1.54, 1.807) is 12.1 Å². The Labute approximate surface area is 141 Å². The first kappa shape index (κ1) is 17.1. The van der Waals surface area contributed by atoms with E-state index in [2.05, 4.69) is 21.2 Å². The van der Waals surface area contributed by atoms with E-state index < -0.39 is 5.97 Å². The van der Waals surface area contributed by atoms with Crippen LogP contribution in [-0.4, -0.2) is 30.8 Å². The molecule has 7 heteroatoms. The molecule has 0 bridgehead atoms. The van der Waals surface area contributed by atoms with Crippen molar-refractivity contribution in [3.8, 4) is 0 Å². The molecule has 22 heavy (non-hydrogen) atoms. The first-order chi connectivity index (χ1) is 10.6. The fourth-order valence-electron chi connectivity index (χ4n) is 2.40. The molecule has 1 saturated carbocycles. The predicted octanol–water partition coefficient (Wildman–Crippen LogP) is 2.93. The molecule has 1 amide bonds. The lowest BCUT2D eigenvalue weighted by atomic mass is 9.89. The van der Waals surface area contributed by atoms with Crippen LogP contribution < -0.4 is 5.32 Å². The number of hydrogen-bond donors (Lipinski definition) is 1. The van der Waals surface area contributed by atoms with Crippen LogP contribution in [0.1, 0.15) is 41.8 Å². The molecular weight excluding hydrogens is 370 g/mol. The van der Waals surface area contributed by atoms with Crippen molar-refractivity contribution in [2.24, 2.45) is 5.92 Å². The normalized spacial score (nSPS) is 15.3. The van der Waals surface area contributed by atoms with Crippen molar-refractivity contribution in [3.05, 3.63) is 20.8 Å². The van der Waals surface area contributed by atoms with E-state index in [1.807, 2.05) is 0 Å². The molecule has 0 spiro atoms. The number of ketones is 1. The highest BCUT2D eigenvalue weighted by Gasteiger charge is 2.21. The minimum absolute atomic E-state index is 0.00616. The Hall–Kier alpha value is -1.21. The summed E-state index contributed by atoms with van der Waals surface area (Å²) < 4.78 is 5.74. The van der Waals surface area contributed by atoms with Gasteiger partial charge in [0.1, 0.15) is 6.54 Å². The van der Waals surface area contributed by atoms with Crippen LogP contribution in [0.25, 0.3) is 0 Å². The van der Waals surface area contributed by atoms with Gasteiger partial charge in [-0.2, -0.15) is 0 Å². The standard InChI is InChI=1S/C15H18BrNO4S/c16-13-7-6-12(22-13)11(18)9-21-14(19)8-17-15(20)10-4-2-1-3-5-10/h6-7,10H,1-5,8-9H2,(H,17,20). The van der Waals surface area contributed by atoms with Crippen LogP contribution in [0.15, 0.2) is 15.9 Å². The van der Waals surface area contributed by atoms with Gasteiger partial charge in [0.25, 0.3) is 0 Å². The molecule has 0 aliphatic heterocycles. The highest BCUT2D eigenvalue weighted by Crippen LogP contribution is 2.23. The molecule has 0 unspecified atom stereocenters. The number of halogens is 1. The van der Waals surface area contributed by atoms with E-state index in [1.165, 1.54) is 17.8 Å². The average molecular weight is 388 g/mol. The quantitative estimate of drug-likeness (QED) is 0.601. The third-order valence-corrected chi connectivity index (χ3v) is 5.26. The first-order valence-corrected chi connectivity index (χ1v) is 8.89. The molecule has 1 heterocycles. The number of thiophene rings is 1. The van der Waals surface area contributed by atoms with Gasteiger partial charge in [-0.15, -0.1) is 11.3 Å². The van der Waals surface area contributed by atoms with E-state index in [4.69, 9.17) is 4.74 Å². The number of rotatable bonds is 6. The van der Waals surface area contributed by atoms with E-state index >= 15 is 0 Å². The summed E-state index contributed by atoms with van der Waals surface area (Å²) in [6.45, 7) is -0.484. The molecule has 2 rings (SSSR count). The highest BCUT2D eigenvalue weighted by atomic mass is 79.9. The summed E-state index contributed by atoms with van der Waals surface area (Å²) in [5, 5.41) is 2.59. The molecule has 1 N–H and O–H groups in total. The minimum atomic E-state index is -0.590. The molecule has 1 aromatic heterocycles. The smallest absolute Gasteiger partial charge is 0.325 e. The Balaban J connectivity index is 1.67. The number of amides is 1. The third kappa shape index (κ3) is 5.21. The number of carbonyl (C=O) groups is 3. The molecule has 120 valence electrons. The van der Waals surface area contributed by atoms with Crippen LogP contribution in [0.5, 0.6) is 0 Å².